The van der Waals surface area contributed by atoms with Gasteiger partial charge in [0.15, 0.2) is 19.8 Å². The summed E-state index contributed by atoms with van der Waals surface area (Å²) < 4.78 is 72.0. The number of ketones is 1. The van der Waals surface area contributed by atoms with E-state index in [4.69, 9.17) is 4.42 Å². The normalized spacial score (nSPS) is 12.8. The molecule has 0 amide bonds. The Hall–Kier alpha value is -4.99. The van der Waals surface area contributed by atoms with Gasteiger partial charge < -0.3 is 18.7 Å². The second-order valence-electron chi connectivity index (χ2n) is 13.7. The van der Waals surface area contributed by atoms with Crippen LogP contribution in [0.15, 0.2) is 215 Å². The average Bonchev–Trinajstić information content (AvgIpc) is 3.69. The molecule has 1 N–H and O–H groups in total. The van der Waals surface area contributed by atoms with Gasteiger partial charge in [0.05, 0.1) is 5.39 Å². The molecule has 1 radical (unpaired) electrons. The molecule has 0 aliphatic heterocycles. The van der Waals surface area contributed by atoms with E-state index in [1.807, 2.05) is 153 Å². The minimum atomic E-state index is -5.30. The Balaban J connectivity index is 0.000000182. The summed E-state index contributed by atoms with van der Waals surface area (Å²) in [5.41, 5.74) is -3.01. The fourth-order valence-electron chi connectivity index (χ4n) is 7.13. The monoisotopic (exact) mass is 1050 g/mol. The van der Waals surface area contributed by atoms with Gasteiger partial charge in [0.1, 0.15) is 11.3 Å². The van der Waals surface area contributed by atoms with Gasteiger partial charge in [0.25, 0.3) is 5.78 Å². The van der Waals surface area contributed by atoms with E-state index in [1.54, 1.807) is 36.4 Å². The Kier molecular flexibility index (Phi) is 17.0. The van der Waals surface area contributed by atoms with Gasteiger partial charge in [0.2, 0.25) is 0 Å². The number of aromatic hydroxyl groups is 1. The van der Waals surface area contributed by atoms with Crippen molar-refractivity contribution in [1.29, 1.82) is 0 Å². The minimum Gasteiger partial charge on any atom is -0.506 e. The molecule has 325 valence electrons. The maximum Gasteiger partial charge on any atom is 0.455 e. The van der Waals surface area contributed by atoms with E-state index in [9.17, 15) is 37.0 Å². The van der Waals surface area contributed by atoms with E-state index >= 15 is 0 Å². The molecular formula is C51H41EuF3O6P2S. The van der Waals surface area contributed by atoms with E-state index in [1.165, 1.54) is 17.4 Å². The summed E-state index contributed by atoms with van der Waals surface area (Å²) in [6.07, 6.45) is 1.74. The zero-order chi connectivity index (χ0) is 45.4. The van der Waals surface area contributed by atoms with Gasteiger partial charge in [-0.1, -0.05) is 177 Å². The van der Waals surface area contributed by atoms with Crippen LogP contribution in [-0.2, 0) is 9.13 Å². The summed E-state index contributed by atoms with van der Waals surface area (Å²) >= 11 is 1.37. The smallest absolute Gasteiger partial charge is 0.455 e. The van der Waals surface area contributed by atoms with Crippen LogP contribution in [-0.4, -0.2) is 17.1 Å². The van der Waals surface area contributed by atoms with Crippen LogP contribution >= 0.6 is 25.6 Å². The Labute approximate surface area is 413 Å². The molecule has 2 aromatic heterocycles. The molecule has 0 fully saturated rings. The van der Waals surface area contributed by atoms with Gasteiger partial charge >= 0.3 is 11.8 Å². The van der Waals surface area contributed by atoms with Gasteiger partial charge in [-0.3, -0.25) is 4.79 Å². The van der Waals surface area contributed by atoms with E-state index < -0.39 is 43.2 Å². The first-order valence-electron chi connectivity index (χ1n) is 19.5. The first-order valence-corrected chi connectivity index (χ1v) is 23.7. The number of fused-ring (bicyclic) bond motifs is 5. The zero-order valence-electron chi connectivity index (χ0n) is 34.5. The predicted octanol–water partition coefficient (Wildman–Crippen LogP) is 12.8. The molecule has 0 aliphatic carbocycles. The molecule has 6 nitrogen and oxygen atoms in total. The maximum atomic E-state index is 13.8. The van der Waals surface area contributed by atoms with Gasteiger partial charge in [-0.25, -0.2) is 4.79 Å². The molecule has 0 aliphatic rings. The fraction of sp³-hybridized carbons (Fsp3) is 0.0588. The van der Waals surface area contributed by atoms with Crippen molar-refractivity contribution < 1.29 is 86.0 Å². The Bertz CT molecular complexity index is 3030. The molecule has 0 unspecified atom stereocenters. The second-order valence-corrected chi connectivity index (χ2v) is 20.4. The molecule has 0 atom stereocenters. The number of thiophene rings is 1. The number of halogens is 3. The van der Waals surface area contributed by atoms with E-state index in [2.05, 4.69) is 13.2 Å². The van der Waals surface area contributed by atoms with Crippen molar-refractivity contribution in [2.24, 2.45) is 0 Å². The van der Waals surface area contributed by atoms with Crippen LogP contribution in [0.5, 0.6) is 5.75 Å². The Morgan fingerprint density at radius 2 is 1.05 bits per heavy atom. The van der Waals surface area contributed by atoms with E-state index in [0.29, 0.717) is 15.5 Å². The SMILES string of the molecule is C=C/C(=C\C)P(=O)(/C(C=C)=C/C)c1ccccc1.O=C(c1c(O)c2c(ccc3sc4ccccc4c32)oc1=O)C(F)(F)F.O=P(c1ccccc1)(c1ccccc1)c1ccccc1.[Eu]. The molecule has 64 heavy (non-hydrogen) atoms. The summed E-state index contributed by atoms with van der Waals surface area (Å²) in [5.74, 6) is -3.44. The van der Waals surface area contributed by atoms with Crippen LogP contribution in [0.4, 0.5) is 13.2 Å². The topological polar surface area (TPSA) is 102 Å². The van der Waals surface area contributed by atoms with Crippen LogP contribution in [0.1, 0.15) is 24.2 Å². The standard InChI is InChI=1S/C18H15OP.C17H7F3O4S.C16H19OP.Eu/c19-20(16-10-4-1-5-11-16,17-12-6-2-7-13-17)18-14-8-3-9-15-18;18-17(19,20)15(22)13-14(21)12-8(24-16(13)23)5-6-10-11(12)7-3-1-2-4-9(7)25-10;1-5-14(6-2)18(17,15(7-3)8-4)16-12-10-9-11-13-16;/h1-15H;1-6,21H;5-13H,1,3H2,2,4H3;/b;;14-6+,15-8+;. The number of carbonyl (C=O) groups excluding carboxylic acids is 1. The first kappa shape index (κ1) is 50.0. The molecule has 0 saturated carbocycles. The van der Waals surface area contributed by atoms with Gasteiger partial charge in [-0.05, 0) is 32.0 Å². The third kappa shape index (κ3) is 10.1. The van der Waals surface area contributed by atoms with Gasteiger partial charge in [0, 0.05) is 101 Å². The van der Waals surface area contributed by atoms with E-state index in [-0.39, 0.29) is 60.3 Å². The molecule has 6 aromatic carbocycles. The third-order valence-corrected chi connectivity index (χ3v) is 17.7. The molecule has 0 spiro atoms. The molecule has 8 aromatic rings. The maximum absolute atomic E-state index is 13.8. The molecule has 8 rings (SSSR count). The number of alkyl halides is 3. The second kappa shape index (κ2) is 21.8. The summed E-state index contributed by atoms with van der Waals surface area (Å²) in [7, 11) is -5.58. The molecule has 0 bridgehead atoms. The van der Waals surface area contributed by atoms with Crippen LogP contribution in [0.2, 0.25) is 0 Å². The number of Topliss-reactive ketones (excluding diaryl/α,β-unsaturated/α-hetero) is 1. The van der Waals surface area contributed by atoms with Crippen molar-refractivity contribution in [2.75, 3.05) is 0 Å². The van der Waals surface area contributed by atoms with E-state index in [0.717, 1.165) is 36.5 Å². The quantitative estimate of drug-likeness (QED) is 0.0669. The number of benzene rings is 6. The van der Waals surface area contributed by atoms with Gasteiger partial charge in [-0.15, -0.1) is 11.3 Å². The van der Waals surface area contributed by atoms with Gasteiger partial charge in [-0.2, -0.15) is 13.2 Å². The van der Waals surface area contributed by atoms with Crippen molar-refractivity contribution >= 4 is 83.8 Å². The van der Waals surface area contributed by atoms with Crippen LogP contribution in [0.25, 0.3) is 31.1 Å². The number of rotatable bonds is 9. The van der Waals surface area contributed by atoms with Crippen molar-refractivity contribution in [1.82, 2.24) is 0 Å². The summed E-state index contributed by atoms with van der Waals surface area (Å²) in [6.45, 7) is 11.3. The fourth-order valence-corrected chi connectivity index (χ4v) is 13.6. The average molecular weight is 1050 g/mol. The Morgan fingerprint density at radius 1 is 0.625 bits per heavy atom. The van der Waals surface area contributed by atoms with Crippen LogP contribution in [0.3, 0.4) is 0 Å². The Morgan fingerprint density at radius 3 is 1.47 bits per heavy atom. The summed E-state index contributed by atoms with van der Waals surface area (Å²) in [5, 5.41) is 16.3. The van der Waals surface area contributed by atoms with Crippen molar-refractivity contribution in [2.45, 2.75) is 20.0 Å². The number of carbonyl (C=O) groups is 1. The molecule has 13 heteroatoms. The van der Waals surface area contributed by atoms with Crippen LogP contribution in [0, 0.1) is 49.4 Å². The number of hydrogen-bond donors (Lipinski definition) is 1. The van der Waals surface area contributed by atoms with Crippen molar-refractivity contribution in [3.05, 3.63) is 222 Å². The zero-order valence-corrected chi connectivity index (χ0v) is 39.6. The molecule has 2 heterocycles. The molecule has 0 saturated heterocycles. The predicted molar refractivity (Wildman–Crippen MR) is 255 cm³/mol. The summed E-state index contributed by atoms with van der Waals surface area (Å²) in [4.78, 5) is 23.4. The largest absolute Gasteiger partial charge is 0.506 e. The number of allylic oxidation sites excluding steroid dienone is 6. The summed E-state index contributed by atoms with van der Waals surface area (Å²) in [6, 6.07) is 48.8. The first-order chi connectivity index (χ1) is 30.2. The van der Waals surface area contributed by atoms with Crippen LogP contribution < -0.4 is 26.8 Å². The van der Waals surface area contributed by atoms with Crippen molar-refractivity contribution in [3.8, 4) is 5.75 Å². The van der Waals surface area contributed by atoms with Crippen molar-refractivity contribution in [3.63, 3.8) is 0 Å². The number of hydrogen-bond acceptors (Lipinski definition) is 7. The molecular weight excluding hydrogens is 1010 g/mol. The third-order valence-electron chi connectivity index (χ3n) is 10.1. The minimum absolute atomic E-state index is 0.